The van der Waals surface area contributed by atoms with Gasteiger partial charge in [-0.15, -0.1) is 21.5 Å². The molecule has 2 N–H and O–H groups in total. The van der Waals surface area contributed by atoms with Crippen molar-refractivity contribution in [2.75, 3.05) is 12.4 Å². The number of nitrogens with one attached hydrogen (secondary N) is 2. The summed E-state index contributed by atoms with van der Waals surface area (Å²) in [7, 11) is 1.56. The Morgan fingerprint density at radius 1 is 1.18 bits per heavy atom. The Bertz CT molecular complexity index is 1330. The van der Waals surface area contributed by atoms with Gasteiger partial charge < -0.3 is 10.1 Å². The van der Waals surface area contributed by atoms with Crippen LogP contribution in [-0.4, -0.2) is 38.6 Å². The van der Waals surface area contributed by atoms with Crippen molar-refractivity contribution in [1.82, 2.24) is 25.6 Å². The number of aromatic nitrogens is 5. The van der Waals surface area contributed by atoms with Crippen molar-refractivity contribution in [3.05, 3.63) is 69.7 Å². The molecule has 0 aliphatic heterocycles. The van der Waals surface area contributed by atoms with Gasteiger partial charge in [0.15, 0.2) is 10.8 Å². The number of tetrazole rings is 1. The molecule has 0 unspecified atom stereocenters. The van der Waals surface area contributed by atoms with Crippen LogP contribution in [-0.2, 0) is 0 Å². The minimum absolute atomic E-state index is 0.261. The summed E-state index contributed by atoms with van der Waals surface area (Å²) >= 11 is 1.56. The van der Waals surface area contributed by atoms with Crippen LogP contribution >= 0.6 is 11.3 Å². The van der Waals surface area contributed by atoms with Gasteiger partial charge >= 0.3 is 0 Å². The Labute approximate surface area is 194 Å². The maximum atomic E-state index is 12.8. The molecule has 1 aliphatic carbocycles. The number of amides is 1. The first-order chi connectivity index (χ1) is 16.2. The number of rotatable bonds is 5. The SMILES string of the molecule is COc1c(C#Cc2nc(C3CCC3)cs2)cccc1NC(=O)c1ccc(-c2nn[nH]n2)cc1. The Hall–Kier alpha value is -4.03. The van der Waals surface area contributed by atoms with Gasteiger partial charge in [0.05, 0.1) is 24.1 Å². The molecule has 0 saturated heterocycles. The summed E-state index contributed by atoms with van der Waals surface area (Å²) in [4.78, 5) is 17.5. The lowest BCUT2D eigenvalue weighted by atomic mass is 9.83. The molecule has 1 amide bonds. The van der Waals surface area contributed by atoms with Gasteiger partial charge in [-0.25, -0.2) is 4.98 Å². The second kappa shape index (κ2) is 9.22. The summed E-state index contributed by atoms with van der Waals surface area (Å²) in [5.41, 5.74) is 3.63. The highest BCUT2D eigenvalue weighted by atomic mass is 32.1. The number of benzene rings is 2. The number of hydrogen-bond acceptors (Lipinski definition) is 7. The number of para-hydroxylation sites is 1. The van der Waals surface area contributed by atoms with Gasteiger partial charge in [0.25, 0.3) is 5.91 Å². The van der Waals surface area contributed by atoms with Crippen molar-refractivity contribution in [3.63, 3.8) is 0 Å². The molecule has 2 heterocycles. The largest absolute Gasteiger partial charge is 0.493 e. The molecule has 8 nitrogen and oxygen atoms in total. The van der Waals surface area contributed by atoms with E-state index >= 15 is 0 Å². The minimum atomic E-state index is -0.261. The summed E-state index contributed by atoms with van der Waals surface area (Å²) < 4.78 is 5.58. The molecule has 9 heteroatoms. The van der Waals surface area contributed by atoms with Crippen molar-refractivity contribution in [3.8, 4) is 29.0 Å². The van der Waals surface area contributed by atoms with Crippen molar-refractivity contribution in [1.29, 1.82) is 0 Å². The van der Waals surface area contributed by atoms with Crippen LogP contribution in [0.1, 0.15) is 51.8 Å². The topological polar surface area (TPSA) is 106 Å². The van der Waals surface area contributed by atoms with E-state index in [0.29, 0.717) is 34.3 Å². The van der Waals surface area contributed by atoms with Crippen LogP contribution in [0.3, 0.4) is 0 Å². The molecule has 1 saturated carbocycles. The van der Waals surface area contributed by atoms with E-state index in [4.69, 9.17) is 4.74 Å². The zero-order valence-corrected chi connectivity index (χ0v) is 18.6. The number of thiazole rings is 1. The lowest BCUT2D eigenvalue weighted by Gasteiger charge is -2.22. The minimum Gasteiger partial charge on any atom is -0.493 e. The molecule has 5 rings (SSSR count). The van der Waals surface area contributed by atoms with Gasteiger partial charge in [0, 0.05) is 22.4 Å². The average molecular weight is 457 g/mol. The number of hydrogen-bond donors (Lipinski definition) is 2. The van der Waals surface area contributed by atoms with Crippen LogP contribution in [0.5, 0.6) is 5.75 Å². The Kier molecular flexibility index (Phi) is 5.83. The standard InChI is InChI=1S/C24H20N6O2S/c1-32-22-16(12-13-21-25-20(14-33-21)15-4-2-5-15)6-3-7-19(22)26-24(31)18-10-8-17(9-11-18)23-27-29-30-28-23/h3,6-11,14-15H,2,4-5H2,1H3,(H,26,31)(H,27,28,29,30). The molecule has 1 fully saturated rings. The molecule has 4 aromatic rings. The molecule has 164 valence electrons. The molecule has 1 aliphatic rings. The van der Waals surface area contributed by atoms with Crippen molar-refractivity contribution < 1.29 is 9.53 Å². The molecule has 0 bridgehead atoms. The van der Waals surface area contributed by atoms with E-state index in [9.17, 15) is 4.79 Å². The number of ether oxygens (including phenoxy) is 1. The summed E-state index contributed by atoms with van der Waals surface area (Å²) in [6.45, 7) is 0. The van der Waals surface area contributed by atoms with E-state index < -0.39 is 0 Å². The van der Waals surface area contributed by atoms with Gasteiger partial charge in [-0.3, -0.25) is 4.79 Å². The van der Waals surface area contributed by atoms with E-state index in [1.165, 1.54) is 19.3 Å². The lowest BCUT2D eigenvalue weighted by Crippen LogP contribution is -2.13. The van der Waals surface area contributed by atoms with Gasteiger partial charge in [-0.05, 0) is 48.2 Å². The van der Waals surface area contributed by atoms with Gasteiger partial charge in [0.1, 0.15) is 0 Å². The molecule has 2 aromatic heterocycles. The molecular weight excluding hydrogens is 436 g/mol. The summed E-state index contributed by atoms with van der Waals surface area (Å²) in [5, 5.41) is 19.6. The highest BCUT2D eigenvalue weighted by Crippen LogP contribution is 2.36. The number of carbonyl (C=O) groups excluding carboxylic acids is 1. The monoisotopic (exact) mass is 456 g/mol. The van der Waals surface area contributed by atoms with E-state index in [0.717, 1.165) is 16.3 Å². The van der Waals surface area contributed by atoms with Crippen LogP contribution in [0.15, 0.2) is 47.8 Å². The van der Waals surface area contributed by atoms with Gasteiger partial charge in [0.2, 0.25) is 5.82 Å². The maximum Gasteiger partial charge on any atom is 0.255 e. The van der Waals surface area contributed by atoms with Crippen molar-refractivity contribution in [2.24, 2.45) is 0 Å². The fourth-order valence-corrected chi connectivity index (χ4v) is 4.30. The first-order valence-corrected chi connectivity index (χ1v) is 11.4. The van der Waals surface area contributed by atoms with E-state index in [-0.39, 0.29) is 5.91 Å². The van der Waals surface area contributed by atoms with Crippen molar-refractivity contribution >= 4 is 22.9 Å². The fourth-order valence-electron chi connectivity index (χ4n) is 3.56. The second-order valence-corrected chi connectivity index (χ2v) is 8.47. The zero-order chi connectivity index (χ0) is 22.6. The van der Waals surface area contributed by atoms with E-state index in [1.54, 1.807) is 48.8 Å². The third-order valence-corrected chi connectivity index (χ3v) is 6.34. The highest BCUT2D eigenvalue weighted by molar-refractivity contribution is 7.10. The third-order valence-electron chi connectivity index (χ3n) is 5.57. The van der Waals surface area contributed by atoms with Crippen LogP contribution in [0, 0.1) is 11.8 Å². The number of H-pyrrole nitrogens is 1. The average Bonchev–Trinajstić information content (AvgIpc) is 3.49. The molecule has 0 atom stereocenters. The van der Waals surface area contributed by atoms with Crippen LogP contribution < -0.4 is 10.1 Å². The number of methoxy groups -OCH3 is 1. The fraction of sp³-hybridized carbons (Fsp3) is 0.208. The zero-order valence-electron chi connectivity index (χ0n) is 17.8. The van der Waals surface area contributed by atoms with E-state index in [1.807, 2.05) is 12.1 Å². The first-order valence-electron chi connectivity index (χ1n) is 10.5. The van der Waals surface area contributed by atoms with Gasteiger partial charge in [-0.1, -0.05) is 30.5 Å². The molecule has 0 radical (unpaired) electrons. The number of anilines is 1. The summed E-state index contributed by atoms with van der Waals surface area (Å²) in [6.07, 6.45) is 3.71. The highest BCUT2D eigenvalue weighted by Gasteiger charge is 2.21. The molecule has 33 heavy (non-hydrogen) atoms. The molecule has 0 spiro atoms. The summed E-state index contributed by atoms with van der Waals surface area (Å²) in [5.74, 6) is 7.59. The third kappa shape index (κ3) is 4.47. The predicted molar refractivity (Wildman–Crippen MR) is 125 cm³/mol. The van der Waals surface area contributed by atoms with E-state index in [2.05, 4.69) is 48.1 Å². The van der Waals surface area contributed by atoms with Crippen LogP contribution in [0.2, 0.25) is 0 Å². The quantitative estimate of drug-likeness (QED) is 0.435. The van der Waals surface area contributed by atoms with Crippen LogP contribution in [0.4, 0.5) is 5.69 Å². The maximum absolute atomic E-state index is 12.8. The lowest BCUT2D eigenvalue weighted by molar-refractivity contribution is 0.102. The Morgan fingerprint density at radius 3 is 2.73 bits per heavy atom. The first kappa shape index (κ1) is 20.8. The second-order valence-electron chi connectivity index (χ2n) is 7.61. The number of aromatic amines is 1. The molecule has 2 aromatic carbocycles. The Balaban J connectivity index is 1.33. The predicted octanol–water partition coefficient (Wildman–Crippen LogP) is 4.25. The molecular formula is C24H20N6O2S. The summed E-state index contributed by atoms with van der Waals surface area (Å²) in [6, 6.07) is 12.4. The number of nitrogens with zero attached hydrogens (tertiary/aromatic N) is 4. The van der Waals surface area contributed by atoms with Crippen molar-refractivity contribution in [2.45, 2.75) is 25.2 Å². The van der Waals surface area contributed by atoms with Crippen LogP contribution in [0.25, 0.3) is 11.4 Å². The Morgan fingerprint density at radius 2 is 2.03 bits per heavy atom. The number of carbonyl (C=O) groups is 1. The normalized spacial score (nSPS) is 13.0. The smallest absolute Gasteiger partial charge is 0.255 e. The van der Waals surface area contributed by atoms with Gasteiger partial charge in [-0.2, -0.15) is 5.21 Å².